The summed E-state index contributed by atoms with van der Waals surface area (Å²) in [6.45, 7) is 8.69. The van der Waals surface area contributed by atoms with Crippen LogP contribution in [0.1, 0.15) is 69.7 Å². The molecule has 0 radical (unpaired) electrons. The van der Waals surface area contributed by atoms with Crippen LogP contribution < -0.4 is 15.1 Å². The minimum absolute atomic E-state index is 0.0290. The maximum atomic E-state index is 15.7. The number of likely N-dealkylation sites (tertiary alicyclic amines) is 1. The molecule has 5 fully saturated rings. The molecule has 0 spiro atoms. The Morgan fingerprint density at radius 1 is 1.09 bits per heavy atom. The van der Waals surface area contributed by atoms with Gasteiger partial charge in [0.05, 0.1) is 23.5 Å². The van der Waals surface area contributed by atoms with Crippen LogP contribution in [0.4, 0.5) is 26.0 Å². The van der Waals surface area contributed by atoms with Crippen molar-refractivity contribution in [2.45, 2.75) is 89.6 Å². The number of aromatic nitrogens is 2. The number of carbonyl (C=O) groups excluding carboxylic acids is 2. The van der Waals surface area contributed by atoms with E-state index < -0.39 is 18.0 Å². The molecule has 2 aliphatic carbocycles. The van der Waals surface area contributed by atoms with Gasteiger partial charge in [-0.1, -0.05) is 12.8 Å². The Hall–Kier alpha value is -3.34. The highest BCUT2D eigenvalue weighted by molar-refractivity contribution is 6.01. The van der Waals surface area contributed by atoms with E-state index in [1.165, 1.54) is 31.3 Å². The van der Waals surface area contributed by atoms with Gasteiger partial charge in [-0.3, -0.25) is 9.59 Å². The van der Waals surface area contributed by atoms with Gasteiger partial charge in [0.15, 0.2) is 5.82 Å². The van der Waals surface area contributed by atoms with Crippen molar-refractivity contribution in [2.75, 3.05) is 42.5 Å². The Bertz CT molecular complexity index is 1440. The fourth-order valence-corrected chi connectivity index (χ4v) is 8.46. The lowest BCUT2D eigenvalue weighted by Crippen LogP contribution is -2.66. The molecule has 5 heterocycles. The van der Waals surface area contributed by atoms with Crippen molar-refractivity contribution in [3.63, 3.8) is 0 Å². The van der Waals surface area contributed by atoms with E-state index in [0.29, 0.717) is 49.9 Å². The highest BCUT2D eigenvalue weighted by Gasteiger charge is 2.53. The lowest BCUT2D eigenvalue weighted by atomic mass is 9.67. The van der Waals surface area contributed by atoms with Crippen LogP contribution in [0.5, 0.6) is 0 Å². The molecular formula is C34H45F2N7O2. The second-order valence-electron chi connectivity index (χ2n) is 13.9. The van der Waals surface area contributed by atoms with E-state index >= 15 is 4.39 Å². The standard InChI is InChI=1S/C34H45F2N7O2/c1-4-41(20(2)3)33(44)26-16-22(35)7-10-28(26)43-14-13-42(32-29(43)17-37-19-38-32)23-11-12-40(18-23)34(45)31-24-8-9-27(39-31)25(30(24)36)15-21-5-6-21/h7,10,16-17,19-21,23-25,27,30-31,39H,4-6,8-9,11-15,18H2,1-3H3/t23-,24+,25+,27?,30-,31-/m0/s1. The summed E-state index contributed by atoms with van der Waals surface area (Å²) in [5.74, 6) is 0.570. The summed E-state index contributed by atoms with van der Waals surface area (Å²) in [5, 5.41) is 3.58. The van der Waals surface area contributed by atoms with Gasteiger partial charge in [0.25, 0.3) is 5.91 Å². The Morgan fingerprint density at radius 3 is 2.64 bits per heavy atom. The van der Waals surface area contributed by atoms with Gasteiger partial charge in [-0.15, -0.1) is 0 Å². The zero-order valence-corrected chi connectivity index (χ0v) is 26.5. The maximum absolute atomic E-state index is 15.7. The lowest BCUT2D eigenvalue weighted by molar-refractivity contribution is -0.140. The van der Waals surface area contributed by atoms with Crippen LogP contribution >= 0.6 is 0 Å². The Kier molecular flexibility index (Phi) is 8.16. The Labute approximate surface area is 264 Å². The molecule has 8 rings (SSSR count). The zero-order valence-electron chi connectivity index (χ0n) is 26.5. The van der Waals surface area contributed by atoms with Gasteiger partial charge in [-0.05, 0) is 70.6 Å². The fraction of sp³-hybridized carbons (Fsp3) is 0.647. The molecule has 2 saturated carbocycles. The number of rotatable bonds is 8. The van der Waals surface area contributed by atoms with E-state index in [4.69, 9.17) is 0 Å². The predicted molar refractivity (Wildman–Crippen MR) is 169 cm³/mol. The smallest absolute Gasteiger partial charge is 0.256 e. The van der Waals surface area contributed by atoms with Gasteiger partial charge < -0.3 is 24.9 Å². The van der Waals surface area contributed by atoms with Crippen LogP contribution in [0.25, 0.3) is 0 Å². The summed E-state index contributed by atoms with van der Waals surface area (Å²) >= 11 is 0. The molecule has 242 valence electrons. The first-order chi connectivity index (χ1) is 21.7. The molecule has 11 heteroatoms. The van der Waals surface area contributed by atoms with Gasteiger partial charge in [0.1, 0.15) is 24.0 Å². The highest BCUT2D eigenvalue weighted by Crippen LogP contribution is 2.47. The van der Waals surface area contributed by atoms with Crippen molar-refractivity contribution in [1.82, 2.24) is 25.1 Å². The largest absolute Gasteiger partial charge is 0.348 e. The maximum Gasteiger partial charge on any atom is 0.256 e. The van der Waals surface area contributed by atoms with Crippen LogP contribution in [0.2, 0.25) is 0 Å². The molecule has 2 bridgehead atoms. The van der Waals surface area contributed by atoms with Gasteiger partial charge in [0.2, 0.25) is 5.91 Å². The van der Waals surface area contributed by atoms with Crippen molar-refractivity contribution < 1.29 is 18.4 Å². The monoisotopic (exact) mass is 621 g/mol. The van der Waals surface area contributed by atoms with Gasteiger partial charge in [-0.25, -0.2) is 18.7 Å². The van der Waals surface area contributed by atoms with Crippen molar-refractivity contribution in [1.29, 1.82) is 0 Å². The lowest BCUT2D eigenvalue weighted by Gasteiger charge is -2.50. The summed E-state index contributed by atoms with van der Waals surface area (Å²) in [6.07, 6.45) is 8.29. The number of nitrogens with zero attached hydrogens (tertiary/aromatic N) is 6. The number of piperidine rings is 2. The number of anilines is 3. The van der Waals surface area contributed by atoms with Crippen LogP contribution in [-0.4, -0.2) is 94.6 Å². The number of halogens is 2. The van der Waals surface area contributed by atoms with Crippen LogP contribution in [0, 0.1) is 23.6 Å². The summed E-state index contributed by atoms with van der Waals surface area (Å²) in [5.41, 5.74) is 1.68. The second-order valence-corrected chi connectivity index (χ2v) is 13.9. The molecule has 45 heavy (non-hydrogen) atoms. The van der Waals surface area contributed by atoms with Crippen LogP contribution in [-0.2, 0) is 4.79 Å². The highest BCUT2D eigenvalue weighted by atomic mass is 19.1. The topological polar surface area (TPSA) is 84.9 Å². The molecule has 2 amide bonds. The normalized spacial score (nSPS) is 29.3. The van der Waals surface area contributed by atoms with Crippen molar-refractivity contribution in [2.24, 2.45) is 17.8 Å². The second kappa shape index (κ2) is 12.1. The third kappa shape index (κ3) is 5.55. The molecule has 1 unspecified atom stereocenters. The molecule has 2 aromatic rings. The first kappa shape index (κ1) is 30.3. The van der Waals surface area contributed by atoms with Crippen molar-refractivity contribution in [3.8, 4) is 0 Å². The summed E-state index contributed by atoms with van der Waals surface area (Å²) in [7, 11) is 0. The molecule has 1 aromatic carbocycles. The molecule has 1 N–H and O–H groups in total. The van der Waals surface area contributed by atoms with E-state index in [2.05, 4.69) is 20.2 Å². The van der Waals surface area contributed by atoms with E-state index in [1.807, 2.05) is 30.6 Å². The average Bonchev–Trinajstić information content (AvgIpc) is 3.74. The number of fused-ring (bicyclic) bond motifs is 4. The summed E-state index contributed by atoms with van der Waals surface area (Å²) in [6, 6.07) is 4.05. The van der Waals surface area contributed by atoms with E-state index in [-0.39, 0.29) is 41.8 Å². The number of nitrogens with one attached hydrogen (secondary N) is 1. The predicted octanol–water partition coefficient (Wildman–Crippen LogP) is 4.55. The summed E-state index contributed by atoms with van der Waals surface area (Å²) in [4.78, 5) is 44.3. The molecule has 3 saturated heterocycles. The van der Waals surface area contributed by atoms with Crippen LogP contribution in [0.15, 0.2) is 30.7 Å². The van der Waals surface area contributed by atoms with E-state index in [1.54, 1.807) is 17.2 Å². The van der Waals surface area contributed by atoms with Gasteiger partial charge >= 0.3 is 0 Å². The van der Waals surface area contributed by atoms with Crippen molar-refractivity contribution >= 4 is 29.0 Å². The molecule has 6 atom stereocenters. The minimum Gasteiger partial charge on any atom is -0.348 e. The number of benzene rings is 1. The fourth-order valence-electron chi connectivity index (χ4n) is 8.46. The van der Waals surface area contributed by atoms with Gasteiger partial charge in [-0.2, -0.15) is 0 Å². The first-order valence-electron chi connectivity index (χ1n) is 16.9. The molecular weight excluding hydrogens is 576 g/mol. The molecule has 4 aliphatic heterocycles. The molecule has 1 aromatic heterocycles. The quantitative estimate of drug-likeness (QED) is 0.463. The number of carbonyl (C=O) groups is 2. The van der Waals surface area contributed by atoms with E-state index in [0.717, 1.165) is 37.2 Å². The third-order valence-electron chi connectivity index (χ3n) is 11.0. The van der Waals surface area contributed by atoms with Crippen molar-refractivity contribution in [3.05, 3.63) is 42.1 Å². The molecule has 9 nitrogen and oxygen atoms in total. The minimum atomic E-state index is -0.900. The number of hydrogen-bond donors (Lipinski definition) is 1. The average molecular weight is 622 g/mol. The third-order valence-corrected chi connectivity index (χ3v) is 11.0. The molecule has 6 aliphatic rings. The van der Waals surface area contributed by atoms with E-state index in [9.17, 15) is 14.0 Å². The first-order valence-corrected chi connectivity index (χ1v) is 16.9. The summed E-state index contributed by atoms with van der Waals surface area (Å²) < 4.78 is 30.2. The van der Waals surface area contributed by atoms with Crippen LogP contribution in [0.3, 0.4) is 0 Å². The number of alkyl halides is 1. The number of hydrogen-bond acceptors (Lipinski definition) is 7. The Balaban J connectivity index is 1.08. The number of amides is 2. The van der Waals surface area contributed by atoms with Gasteiger partial charge in [0, 0.05) is 62.7 Å². The Morgan fingerprint density at radius 2 is 1.91 bits per heavy atom. The SMILES string of the molecule is CCN(C(=O)c1cc(F)ccc1N1CCN([C@H]2CCN(C(=O)[C@H]3NC4CC[C@@H]3[C@H](F)[C@@H]4CC3CC3)C2)c2ncncc21)C(C)C. The zero-order chi connectivity index (χ0) is 31.4.